The van der Waals surface area contributed by atoms with Gasteiger partial charge in [-0.3, -0.25) is 5.01 Å². The molecule has 0 radical (unpaired) electrons. The number of ether oxygens (including phenoxy) is 2. The quantitative estimate of drug-likeness (QED) is 0.227. The Bertz CT molecular complexity index is 1260. The van der Waals surface area contributed by atoms with E-state index in [9.17, 15) is 0 Å². The lowest BCUT2D eigenvalue weighted by atomic mass is 10.1. The molecular formula is C26H23BrN4O2. The van der Waals surface area contributed by atoms with Gasteiger partial charge in [-0.15, -0.1) is 0 Å². The summed E-state index contributed by atoms with van der Waals surface area (Å²) in [6, 6.07) is 25.5. The van der Waals surface area contributed by atoms with E-state index in [1.54, 1.807) is 25.4 Å². The summed E-state index contributed by atoms with van der Waals surface area (Å²) in [5.74, 6) is 2.70. The fourth-order valence-corrected chi connectivity index (χ4v) is 3.48. The van der Waals surface area contributed by atoms with Crippen LogP contribution >= 0.6 is 15.9 Å². The Hall–Kier alpha value is -3.71. The number of anilines is 1. The van der Waals surface area contributed by atoms with Crippen LogP contribution < -0.4 is 14.5 Å². The summed E-state index contributed by atoms with van der Waals surface area (Å²) in [6.45, 7) is 0. The van der Waals surface area contributed by atoms with Crippen LogP contribution in [0.25, 0.3) is 22.6 Å². The molecule has 0 N–H and O–H groups in total. The van der Waals surface area contributed by atoms with Crippen LogP contribution in [0.4, 0.5) is 5.82 Å². The zero-order valence-corrected chi connectivity index (χ0v) is 20.2. The van der Waals surface area contributed by atoms with Crippen LogP contribution in [0.5, 0.6) is 11.5 Å². The molecule has 0 atom stereocenters. The summed E-state index contributed by atoms with van der Waals surface area (Å²) in [5.41, 5.74) is 3.58. The predicted molar refractivity (Wildman–Crippen MR) is 136 cm³/mol. The van der Waals surface area contributed by atoms with Crippen LogP contribution in [-0.2, 0) is 0 Å². The van der Waals surface area contributed by atoms with Crippen LogP contribution in [0.1, 0.15) is 5.56 Å². The lowest BCUT2D eigenvalue weighted by molar-refractivity contribution is 0.394. The molecule has 0 saturated carbocycles. The highest BCUT2D eigenvalue weighted by Gasteiger charge is 2.12. The third-order valence-corrected chi connectivity index (χ3v) is 5.56. The molecule has 0 amide bonds. The minimum absolute atomic E-state index is 0.628. The molecule has 1 aromatic heterocycles. The average molecular weight is 503 g/mol. The van der Waals surface area contributed by atoms with Gasteiger partial charge in [0.25, 0.3) is 0 Å². The monoisotopic (exact) mass is 502 g/mol. The summed E-state index contributed by atoms with van der Waals surface area (Å²) >= 11 is 3.48. The maximum atomic E-state index is 5.47. The Kier molecular flexibility index (Phi) is 7.00. The number of methoxy groups -OCH3 is 2. The Morgan fingerprint density at radius 3 is 2.30 bits per heavy atom. The van der Waals surface area contributed by atoms with Crippen molar-refractivity contribution in [3.8, 4) is 34.1 Å². The van der Waals surface area contributed by atoms with Crippen molar-refractivity contribution in [2.24, 2.45) is 5.10 Å². The molecule has 1 heterocycles. The van der Waals surface area contributed by atoms with E-state index in [1.807, 2.05) is 85.9 Å². The van der Waals surface area contributed by atoms with Gasteiger partial charge in [0.15, 0.2) is 11.6 Å². The summed E-state index contributed by atoms with van der Waals surface area (Å²) in [5, 5.41) is 6.32. The molecule has 0 aliphatic carbocycles. The Morgan fingerprint density at radius 2 is 1.61 bits per heavy atom. The third kappa shape index (κ3) is 5.38. The predicted octanol–water partition coefficient (Wildman–Crippen LogP) is 6.06. The lowest BCUT2D eigenvalue weighted by Crippen LogP contribution is -2.12. The number of hydrogen-bond donors (Lipinski definition) is 0. The molecule has 4 rings (SSSR count). The van der Waals surface area contributed by atoms with E-state index in [-0.39, 0.29) is 0 Å². The first-order valence-electron chi connectivity index (χ1n) is 10.3. The molecule has 0 fully saturated rings. The molecule has 166 valence electrons. The van der Waals surface area contributed by atoms with Gasteiger partial charge in [-0.25, -0.2) is 9.97 Å². The highest BCUT2D eigenvalue weighted by molar-refractivity contribution is 9.10. The van der Waals surface area contributed by atoms with Gasteiger partial charge in [0.05, 0.1) is 26.1 Å². The highest BCUT2D eigenvalue weighted by Crippen LogP contribution is 2.27. The van der Waals surface area contributed by atoms with Gasteiger partial charge in [0.1, 0.15) is 11.5 Å². The van der Waals surface area contributed by atoms with Gasteiger partial charge in [0, 0.05) is 40.3 Å². The van der Waals surface area contributed by atoms with Crippen molar-refractivity contribution in [1.29, 1.82) is 0 Å². The van der Waals surface area contributed by atoms with Crippen LogP contribution in [0.3, 0.4) is 0 Å². The number of rotatable bonds is 7. The molecule has 33 heavy (non-hydrogen) atoms. The smallest absolute Gasteiger partial charge is 0.162 e. The van der Waals surface area contributed by atoms with Crippen molar-refractivity contribution in [2.45, 2.75) is 0 Å². The van der Waals surface area contributed by atoms with E-state index in [0.29, 0.717) is 17.4 Å². The second kappa shape index (κ2) is 10.3. The normalized spacial score (nSPS) is 10.9. The molecule has 0 spiro atoms. The Labute approximate surface area is 201 Å². The summed E-state index contributed by atoms with van der Waals surface area (Å²) in [4.78, 5) is 9.59. The van der Waals surface area contributed by atoms with E-state index >= 15 is 0 Å². The fraction of sp³-hybridized carbons (Fsp3) is 0.115. The largest absolute Gasteiger partial charge is 0.497 e. The second-order valence-electron chi connectivity index (χ2n) is 7.18. The highest BCUT2D eigenvalue weighted by atomic mass is 79.9. The molecule has 0 unspecified atom stereocenters. The summed E-state index contributed by atoms with van der Waals surface area (Å²) in [7, 11) is 5.10. The molecular weight excluding hydrogens is 480 g/mol. The zero-order valence-electron chi connectivity index (χ0n) is 18.6. The Morgan fingerprint density at radius 1 is 0.848 bits per heavy atom. The zero-order chi connectivity index (χ0) is 23.2. The molecule has 4 aromatic rings. The van der Waals surface area contributed by atoms with Crippen molar-refractivity contribution in [3.63, 3.8) is 0 Å². The number of halogens is 1. The number of benzene rings is 3. The summed E-state index contributed by atoms with van der Waals surface area (Å²) in [6.07, 6.45) is 1.74. The van der Waals surface area contributed by atoms with E-state index in [0.717, 1.165) is 32.6 Å². The first-order chi connectivity index (χ1) is 16.1. The maximum absolute atomic E-state index is 5.47. The van der Waals surface area contributed by atoms with Crippen LogP contribution in [0, 0.1) is 0 Å². The van der Waals surface area contributed by atoms with E-state index in [4.69, 9.17) is 19.4 Å². The number of hydrazone groups is 1. The SMILES string of the molecule is COc1ccc(/C=N\N(C)c2cc(-c3ccccc3)nc(-c3ccc(Br)cc3)n2)c(OC)c1. The van der Waals surface area contributed by atoms with Crippen LogP contribution in [0.15, 0.2) is 88.4 Å². The summed E-state index contributed by atoms with van der Waals surface area (Å²) < 4.78 is 11.7. The van der Waals surface area contributed by atoms with Gasteiger partial charge in [-0.05, 0) is 24.3 Å². The maximum Gasteiger partial charge on any atom is 0.162 e. The van der Waals surface area contributed by atoms with Gasteiger partial charge in [0.2, 0.25) is 0 Å². The van der Waals surface area contributed by atoms with E-state index < -0.39 is 0 Å². The van der Waals surface area contributed by atoms with Crippen molar-refractivity contribution >= 4 is 28.0 Å². The first kappa shape index (κ1) is 22.5. The standard InChI is InChI=1S/C26H23BrN4O2/c1-31(28-17-20-11-14-22(32-2)15-24(20)33-3)25-16-23(18-7-5-4-6-8-18)29-26(30-25)19-9-12-21(27)13-10-19/h4-17H,1-3H3/b28-17-. The van der Waals surface area contributed by atoms with Crippen molar-refractivity contribution in [3.05, 3.63) is 88.9 Å². The minimum Gasteiger partial charge on any atom is -0.497 e. The second-order valence-corrected chi connectivity index (χ2v) is 8.10. The first-order valence-corrected chi connectivity index (χ1v) is 11.1. The molecule has 7 heteroatoms. The molecule has 3 aromatic carbocycles. The van der Waals surface area contributed by atoms with E-state index in [1.165, 1.54) is 0 Å². The average Bonchev–Trinajstić information content (AvgIpc) is 2.87. The van der Waals surface area contributed by atoms with E-state index in [2.05, 4.69) is 21.0 Å². The fourth-order valence-electron chi connectivity index (χ4n) is 3.22. The lowest BCUT2D eigenvalue weighted by Gasteiger charge is -2.15. The third-order valence-electron chi connectivity index (χ3n) is 5.03. The molecule has 6 nitrogen and oxygen atoms in total. The topological polar surface area (TPSA) is 59.8 Å². The van der Waals surface area contributed by atoms with Crippen LogP contribution in [0.2, 0.25) is 0 Å². The number of aromatic nitrogens is 2. The van der Waals surface area contributed by atoms with Crippen molar-refractivity contribution in [2.75, 3.05) is 26.3 Å². The van der Waals surface area contributed by atoms with Crippen molar-refractivity contribution in [1.82, 2.24) is 9.97 Å². The van der Waals surface area contributed by atoms with Gasteiger partial charge in [-0.1, -0.05) is 58.4 Å². The molecule has 0 bridgehead atoms. The number of nitrogens with zero attached hydrogens (tertiary/aromatic N) is 4. The molecule has 0 aliphatic rings. The number of hydrogen-bond acceptors (Lipinski definition) is 6. The van der Waals surface area contributed by atoms with Crippen molar-refractivity contribution < 1.29 is 9.47 Å². The molecule has 0 saturated heterocycles. The van der Waals surface area contributed by atoms with Gasteiger partial charge in [-0.2, -0.15) is 5.10 Å². The molecule has 0 aliphatic heterocycles. The van der Waals surface area contributed by atoms with Gasteiger partial charge < -0.3 is 9.47 Å². The Balaban J connectivity index is 1.72. The van der Waals surface area contributed by atoms with Crippen LogP contribution in [-0.4, -0.2) is 37.4 Å². The van der Waals surface area contributed by atoms with Gasteiger partial charge >= 0.3 is 0 Å². The minimum atomic E-state index is 0.628.